The fourth-order valence-electron chi connectivity index (χ4n) is 2.16. The summed E-state index contributed by atoms with van der Waals surface area (Å²) in [4.78, 5) is 26.9. The van der Waals surface area contributed by atoms with Crippen molar-refractivity contribution in [1.29, 1.82) is 0 Å². The van der Waals surface area contributed by atoms with E-state index in [0.717, 1.165) is 10.0 Å². The second kappa shape index (κ2) is 5.69. The van der Waals surface area contributed by atoms with E-state index in [1.807, 2.05) is 6.07 Å². The molecule has 0 radical (unpaired) electrons. The number of hydrogen-bond acceptors (Lipinski definition) is 4. The first-order valence-electron chi connectivity index (χ1n) is 6.42. The minimum atomic E-state index is -0.453. The molecular weight excluding hydrogens is 350 g/mol. The van der Waals surface area contributed by atoms with E-state index in [2.05, 4.69) is 20.9 Å². The average Bonchev–Trinajstić information content (AvgIpc) is 2.51. The van der Waals surface area contributed by atoms with Crippen molar-refractivity contribution in [3.05, 3.63) is 79.3 Å². The first-order chi connectivity index (χ1) is 10.5. The highest BCUT2D eigenvalue weighted by atomic mass is 79.9. The molecule has 1 heterocycles. The van der Waals surface area contributed by atoms with Crippen molar-refractivity contribution in [2.45, 2.75) is 6.54 Å². The van der Waals surface area contributed by atoms with E-state index in [9.17, 15) is 14.9 Å². The van der Waals surface area contributed by atoms with Crippen molar-refractivity contribution < 1.29 is 4.92 Å². The van der Waals surface area contributed by atoms with E-state index in [4.69, 9.17) is 0 Å². The molecule has 2 aromatic carbocycles. The topological polar surface area (TPSA) is 78.0 Å². The van der Waals surface area contributed by atoms with Crippen LogP contribution in [0.4, 0.5) is 5.69 Å². The summed E-state index contributed by atoms with van der Waals surface area (Å²) >= 11 is 3.34. The Hall–Kier alpha value is -2.54. The molecule has 0 amide bonds. The molecule has 1 aromatic heterocycles. The molecule has 0 atom stereocenters. The average molecular weight is 360 g/mol. The zero-order valence-electron chi connectivity index (χ0n) is 11.3. The molecule has 0 aliphatic carbocycles. The molecule has 110 valence electrons. The van der Waals surface area contributed by atoms with Gasteiger partial charge in [-0.25, -0.2) is 4.98 Å². The molecule has 0 bridgehead atoms. The van der Waals surface area contributed by atoms with Crippen molar-refractivity contribution in [2.75, 3.05) is 0 Å². The Morgan fingerprint density at radius 3 is 2.59 bits per heavy atom. The van der Waals surface area contributed by atoms with Crippen molar-refractivity contribution in [1.82, 2.24) is 9.55 Å². The Kier molecular flexibility index (Phi) is 3.72. The Morgan fingerprint density at radius 1 is 1.18 bits per heavy atom. The normalized spacial score (nSPS) is 10.8. The Bertz CT molecular complexity index is 919. The minimum Gasteiger partial charge on any atom is -0.294 e. The number of benzene rings is 2. The van der Waals surface area contributed by atoms with Gasteiger partial charge in [0.05, 0.1) is 28.7 Å². The summed E-state index contributed by atoms with van der Waals surface area (Å²) in [6.07, 6.45) is 1.49. The van der Waals surface area contributed by atoms with Gasteiger partial charge in [-0.3, -0.25) is 19.5 Å². The number of halogens is 1. The number of nitro groups is 1. The number of nitrogens with zero attached hydrogens (tertiary/aromatic N) is 3. The summed E-state index contributed by atoms with van der Waals surface area (Å²) in [5.41, 5.74) is 1.30. The number of nitro benzene ring substituents is 1. The quantitative estimate of drug-likeness (QED) is 0.531. The van der Waals surface area contributed by atoms with E-state index in [1.165, 1.54) is 23.0 Å². The third-order valence-electron chi connectivity index (χ3n) is 3.29. The molecule has 3 rings (SSSR count). The highest BCUT2D eigenvalue weighted by molar-refractivity contribution is 9.10. The van der Waals surface area contributed by atoms with Crippen molar-refractivity contribution >= 4 is 32.5 Å². The Balaban J connectivity index is 1.98. The maximum Gasteiger partial charge on any atom is 0.269 e. The SMILES string of the molecule is O=c1c2cc(Br)ccc2ncn1Cc1ccc([N+](=O)[O-])cc1. The van der Waals surface area contributed by atoms with Gasteiger partial charge in [0.25, 0.3) is 11.2 Å². The first-order valence-corrected chi connectivity index (χ1v) is 7.22. The summed E-state index contributed by atoms with van der Waals surface area (Å²) in [6.45, 7) is 0.312. The van der Waals surface area contributed by atoms with Gasteiger partial charge in [-0.15, -0.1) is 0 Å². The molecule has 0 saturated carbocycles. The summed E-state index contributed by atoms with van der Waals surface area (Å²) in [6, 6.07) is 11.5. The molecule has 0 aliphatic heterocycles. The molecule has 6 nitrogen and oxygen atoms in total. The van der Waals surface area contributed by atoms with Crippen LogP contribution < -0.4 is 5.56 Å². The van der Waals surface area contributed by atoms with Gasteiger partial charge in [0, 0.05) is 16.6 Å². The van der Waals surface area contributed by atoms with Gasteiger partial charge in [0.1, 0.15) is 0 Å². The summed E-state index contributed by atoms with van der Waals surface area (Å²) in [7, 11) is 0. The van der Waals surface area contributed by atoms with Crippen LogP contribution in [0.25, 0.3) is 10.9 Å². The lowest BCUT2D eigenvalue weighted by atomic mass is 10.2. The number of non-ortho nitro benzene ring substituents is 1. The molecule has 0 fully saturated rings. The van der Waals surface area contributed by atoms with Crippen molar-refractivity contribution in [2.24, 2.45) is 0 Å². The van der Waals surface area contributed by atoms with E-state index < -0.39 is 4.92 Å². The molecule has 0 unspecified atom stereocenters. The third kappa shape index (κ3) is 2.75. The van der Waals surface area contributed by atoms with Crippen molar-refractivity contribution in [3.63, 3.8) is 0 Å². The number of hydrogen-bond donors (Lipinski definition) is 0. The van der Waals surface area contributed by atoms with Gasteiger partial charge in [-0.1, -0.05) is 28.1 Å². The second-order valence-corrected chi connectivity index (χ2v) is 5.68. The van der Waals surface area contributed by atoms with Gasteiger partial charge >= 0.3 is 0 Å². The fraction of sp³-hybridized carbons (Fsp3) is 0.0667. The van der Waals surface area contributed by atoms with Crippen LogP contribution in [0.3, 0.4) is 0 Å². The van der Waals surface area contributed by atoms with E-state index in [0.29, 0.717) is 17.4 Å². The van der Waals surface area contributed by atoms with Gasteiger partial charge in [0.15, 0.2) is 0 Å². The molecule has 0 N–H and O–H groups in total. The summed E-state index contributed by atoms with van der Waals surface area (Å²) < 4.78 is 2.29. The lowest BCUT2D eigenvalue weighted by molar-refractivity contribution is -0.384. The smallest absolute Gasteiger partial charge is 0.269 e. The molecule has 22 heavy (non-hydrogen) atoms. The van der Waals surface area contributed by atoms with Crippen LogP contribution in [-0.2, 0) is 6.54 Å². The van der Waals surface area contributed by atoms with E-state index in [-0.39, 0.29) is 11.2 Å². The number of aromatic nitrogens is 2. The van der Waals surface area contributed by atoms with Crippen LogP contribution in [0.1, 0.15) is 5.56 Å². The zero-order valence-corrected chi connectivity index (χ0v) is 12.9. The predicted octanol–water partition coefficient (Wildman–Crippen LogP) is 3.12. The van der Waals surface area contributed by atoms with Crippen LogP contribution in [0.15, 0.2) is 58.1 Å². The lowest BCUT2D eigenvalue weighted by Crippen LogP contribution is -2.21. The van der Waals surface area contributed by atoms with Crippen LogP contribution in [0, 0.1) is 10.1 Å². The number of fused-ring (bicyclic) bond motifs is 1. The Morgan fingerprint density at radius 2 is 1.91 bits per heavy atom. The first kappa shape index (κ1) is 14.4. The van der Waals surface area contributed by atoms with E-state index >= 15 is 0 Å². The van der Waals surface area contributed by atoms with Crippen LogP contribution in [-0.4, -0.2) is 14.5 Å². The Labute approximate surface area is 133 Å². The molecule has 7 heteroatoms. The fourth-order valence-corrected chi connectivity index (χ4v) is 2.52. The molecule has 0 saturated heterocycles. The molecular formula is C15H10BrN3O3. The van der Waals surface area contributed by atoms with Crippen LogP contribution in [0.2, 0.25) is 0 Å². The summed E-state index contributed by atoms with van der Waals surface area (Å²) in [5.74, 6) is 0. The summed E-state index contributed by atoms with van der Waals surface area (Å²) in [5, 5.41) is 11.2. The van der Waals surface area contributed by atoms with Crippen LogP contribution >= 0.6 is 15.9 Å². The maximum absolute atomic E-state index is 12.5. The largest absolute Gasteiger partial charge is 0.294 e. The predicted molar refractivity (Wildman–Crippen MR) is 85.9 cm³/mol. The van der Waals surface area contributed by atoms with Gasteiger partial charge in [0.2, 0.25) is 0 Å². The highest BCUT2D eigenvalue weighted by Gasteiger charge is 2.07. The van der Waals surface area contributed by atoms with E-state index in [1.54, 1.807) is 24.3 Å². The monoisotopic (exact) mass is 359 g/mol. The number of rotatable bonds is 3. The maximum atomic E-state index is 12.5. The third-order valence-corrected chi connectivity index (χ3v) is 3.78. The van der Waals surface area contributed by atoms with Gasteiger partial charge < -0.3 is 0 Å². The standard InChI is InChI=1S/C15H10BrN3O3/c16-11-3-6-14-13(7-11)15(20)18(9-17-14)8-10-1-4-12(5-2-10)19(21)22/h1-7,9H,8H2. The van der Waals surface area contributed by atoms with Gasteiger partial charge in [-0.2, -0.15) is 0 Å². The van der Waals surface area contributed by atoms with Crippen molar-refractivity contribution in [3.8, 4) is 0 Å². The van der Waals surface area contributed by atoms with Gasteiger partial charge in [-0.05, 0) is 23.8 Å². The highest BCUT2D eigenvalue weighted by Crippen LogP contribution is 2.16. The second-order valence-electron chi connectivity index (χ2n) is 4.76. The molecule has 0 spiro atoms. The lowest BCUT2D eigenvalue weighted by Gasteiger charge is -2.07. The minimum absolute atomic E-state index is 0.0247. The zero-order chi connectivity index (χ0) is 15.7. The van der Waals surface area contributed by atoms with Crippen LogP contribution in [0.5, 0.6) is 0 Å². The molecule has 3 aromatic rings. The molecule has 0 aliphatic rings.